The number of aldehydes is 1. The molecule has 0 aliphatic carbocycles. The quantitative estimate of drug-likeness (QED) is 0.710. The van der Waals surface area contributed by atoms with Crippen LogP contribution in [0.2, 0.25) is 0 Å². The van der Waals surface area contributed by atoms with Crippen molar-refractivity contribution in [3.8, 4) is 11.5 Å². The number of urea groups is 1. The standard InChI is InChI=1S/C15H20N2O5/c1-3-7-21-12-6-5-11(9-18)13(8-12)22-10-14(19)17-15(20)16-4-2/h5-6,8-9H,3-4,7,10H2,1-2H3,(H2,16,17,19,20). The van der Waals surface area contributed by atoms with Crippen LogP contribution < -0.4 is 20.1 Å². The summed E-state index contributed by atoms with van der Waals surface area (Å²) in [5, 5.41) is 4.53. The Labute approximate surface area is 129 Å². The summed E-state index contributed by atoms with van der Waals surface area (Å²) in [4.78, 5) is 33.7. The smallest absolute Gasteiger partial charge is 0.321 e. The molecule has 7 heteroatoms. The lowest BCUT2D eigenvalue weighted by atomic mass is 10.2. The molecule has 1 aromatic carbocycles. The van der Waals surface area contributed by atoms with Gasteiger partial charge in [0.05, 0.1) is 12.2 Å². The van der Waals surface area contributed by atoms with Crippen LogP contribution in [-0.4, -0.2) is 38.0 Å². The summed E-state index contributed by atoms with van der Waals surface area (Å²) in [6.07, 6.45) is 1.47. The number of hydrogen-bond acceptors (Lipinski definition) is 5. The van der Waals surface area contributed by atoms with E-state index in [1.807, 2.05) is 6.92 Å². The zero-order valence-electron chi connectivity index (χ0n) is 12.7. The van der Waals surface area contributed by atoms with Gasteiger partial charge in [-0.1, -0.05) is 6.92 Å². The van der Waals surface area contributed by atoms with Gasteiger partial charge in [-0.3, -0.25) is 14.9 Å². The third-order valence-corrected chi connectivity index (χ3v) is 2.53. The molecule has 0 aromatic heterocycles. The molecule has 0 saturated carbocycles. The van der Waals surface area contributed by atoms with Gasteiger partial charge in [0.1, 0.15) is 11.5 Å². The van der Waals surface area contributed by atoms with Gasteiger partial charge >= 0.3 is 6.03 Å². The molecule has 0 heterocycles. The molecule has 0 spiro atoms. The molecule has 0 aliphatic rings. The second kappa shape index (κ2) is 9.38. The van der Waals surface area contributed by atoms with E-state index in [-0.39, 0.29) is 12.4 Å². The maximum absolute atomic E-state index is 11.5. The molecule has 7 nitrogen and oxygen atoms in total. The van der Waals surface area contributed by atoms with E-state index >= 15 is 0 Å². The Bertz CT molecular complexity index is 531. The van der Waals surface area contributed by atoms with Crippen LogP contribution in [0, 0.1) is 0 Å². The normalized spacial score (nSPS) is 9.73. The number of carbonyl (C=O) groups excluding carboxylic acids is 3. The number of amides is 3. The Kier molecular flexibility index (Phi) is 7.45. The number of ether oxygens (including phenoxy) is 2. The van der Waals surface area contributed by atoms with Crippen molar-refractivity contribution >= 4 is 18.2 Å². The monoisotopic (exact) mass is 308 g/mol. The van der Waals surface area contributed by atoms with Crippen molar-refractivity contribution in [3.05, 3.63) is 23.8 Å². The summed E-state index contributed by atoms with van der Waals surface area (Å²) in [6, 6.07) is 4.15. The van der Waals surface area contributed by atoms with Crippen LogP contribution in [0.25, 0.3) is 0 Å². The molecule has 0 unspecified atom stereocenters. The molecular weight excluding hydrogens is 288 g/mol. The zero-order valence-corrected chi connectivity index (χ0v) is 12.7. The van der Waals surface area contributed by atoms with Crippen LogP contribution >= 0.6 is 0 Å². The highest BCUT2D eigenvalue weighted by Crippen LogP contribution is 2.23. The molecule has 0 fully saturated rings. The zero-order chi connectivity index (χ0) is 16.4. The van der Waals surface area contributed by atoms with Gasteiger partial charge in [0.15, 0.2) is 12.9 Å². The summed E-state index contributed by atoms with van der Waals surface area (Å²) in [7, 11) is 0. The van der Waals surface area contributed by atoms with Crippen molar-refractivity contribution < 1.29 is 23.9 Å². The molecule has 1 rings (SSSR count). The van der Waals surface area contributed by atoms with Gasteiger partial charge < -0.3 is 14.8 Å². The molecule has 0 radical (unpaired) electrons. The third-order valence-electron chi connectivity index (χ3n) is 2.53. The van der Waals surface area contributed by atoms with Crippen molar-refractivity contribution in [2.75, 3.05) is 19.8 Å². The van der Waals surface area contributed by atoms with Gasteiger partial charge in [-0.15, -0.1) is 0 Å². The minimum atomic E-state index is -0.609. The fourth-order valence-electron chi connectivity index (χ4n) is 1.56. The molecule has 0 bridgehead atoms. The second-order valence-corrected chi connectivity index (χ2v) is 4.36. The number of benzene rings is 1. The predicted molar refractivity (Wildman–Crippen MR) is 80.3 cm³/mol. The first-order valence-corrected chi connectivity index (χ1v) is 7.03. The topological polar surface area (TPSA) is 93.7 Å². The minimum absolute atomic E-state index is 0.231. The Hall–Kier alpha value is -2.57. The number of carbonyl (C=O) groups is 3. The molecule has 0 saturated heterocycles. The van der Waals surface area contributed by atoms with Crippen LogP contribution in [0.1, 0.15) is 30.6 Å². The van der Waals surface area contributed by atoms with Crippen LogP contribution in [-0.2, 0) is 4.79 Å². The second-order valence-electron chi connectivity index (χ2n) is 4.36. The highest BCUT2D eigenvalue weighted by molar-refractivity contribution is 5.95. The molecule has 3 amide bonds. The Balaban J connectivity index is 2.64. The van der Waals surface area contributed by atoms with E-state index < -0.39 is 11.9 Å². The average Bonchev–Trinajstić information content (AvgIpc) is 2.51. The van der Waals surface area contributed by atoms with Crippen molar-refractivity contribution in [2.24, 2.45) is 0 Å². The van der Waals surface area contributed by atoms with E-state index in [9.17, 15) is 14.4 Å². The maximum atomic E-state index is 11.5. The Morgan fingerprint density at radius 1 is 1.23 bits per heavy atom. The number of imide groups is 1. The highest BCUT2D eigenvalue weighted by Gasteiger charge is 2.10. The summed E-state index contributed by atoms with van der Waals surface area (Å²) in [5.41, 5.74) is 0.301. The van der Waals surface area contributed by atoms with Gasteiger partial charge in [0, 0.05) is 12.6 Å². The fourth-order valence-corrected chi connectivity index (χ4v) is 1.56. The lowest BCUT2D eigenvalue weighted by Crippen LogP contribution is -2.41. The van der Waals surface area contributed by atoms with E-state index in [1.54, 1.807) is 25.1 Å². The van der Waals surface area contributed by atoms with Gasteiger partial charge in [0.25, 0.3) is 5.91 Å². The summed E-state index contributed by atoms with van der Waals surface area (Å²) < 4.78 is 10.7. The van der Waals surface area contributed by atoms with Crippen molar-refractivity contribution in [1.29, 1.82) is 0 Å². The van der Waals surface area contributed by atoms with Crippen molar-refractivity contribution in [1.82, 2.24) is 10.6 Å². The lowest BCUT2D eigenvalue weighted by Gasteiger charge is -2.11. The van der Waals surface area contributed by atoms with E-state index in [0.29, 0.717) is 30.8 Å². The molecule has 2 N–H and O–H groups in total. The third kappa shape index (κ3) is 5.82. The largest absolute Gasteiger partial charge is 0.493 e. The predicted octanol–water partition coefficient (Wildman–Crippen LogP) is 1.51. The fraction of sp³-hybridized carbons (Fsp3) is 0.400. The van der Waals surface area contributed by atoms with Crippen molar-refractivity contribution in [2.45, 2.75) is 20.3 Å². The van der Waals surface area contributed by atoms with E-state index in [0.717, 1.165) is 6.42 Å². The minimum Gasteiger partial charge on any atom is -0.493 e. The Morgan fingerprint density at radius 3 is 2.64 bits per heavy atom. The molecule has 120 valence electrons. The molecule has 0 aliphatic heterocycles. The lowest BCUT2D eigenvalue weighted by molar-refractivity contribution is -0.122. The van der Waals surface area contributed by atoms with Gasteiger partial charge in [-0.2, -0.15) is 0 Å². The highest BCUT2D eigenvalue weighted by atomic mass is 16.5. The van der Waals surface area contributed by atoms with Crippen molar-refractivity contribution in [3.63, 3.8) is 0 Å². The number of nitrogens with one attached hydrogen (secondary N) is 2. The number of hydrogen-bond donors (Lipinski definition) is 2. The summed E-state index contributed by atoms with van der Waals surface area (Å²) in [6.45, 7) is 4.28. The first-order chi connectivity index (χ1) is 10.6. The molecule has 1 aromatic rings. The summed E-state index contributed by atoms with van der Waals surface area (Å²) >= 11 is 0. The van der Waals surface area contributed by atoms with E-state index in [2.05, 4.69) is 10.6 Å². The first kappa shape index (κ1) is 17.5. The SMILES string of the molecule is CCCOc1ccc(C=O)c(OCC(=O)NC(=O)NCC)c1. The maximum Gasteiger partial charge on any atom is 0.321 e. The Morgan fingerprint density at radius 2 is 2.00 bits per heavy atom. The van der Waals surface area contributed by atoms with Gasteiger partial charge in [-0.05, 0) is 25.5 Å². The van der Waals surface area contributed by atoms with Crippen LogP contribution in [0.4, 0.5) is 4.79 Å². The van der Waals surface area contributed by atoms with Crippen LogP contribution in [0.3, 0.4) is 0 Å². The molecular formula is C15H20N2O5. The van der Waals surface area contributed by atoms with E-state index in [4.69, 9.17) is 9.47 Å². The summed E-state index contributed by atoms with van der Waals surface area (Å²) in [5.74, 6) is 0.170. The average molecular weight is 308 g/mol. The molecule has 0 atom stereocenters. The first-order valence-electron chi connectivity index (χ1n) is 7.03. The van der Waals surface area contributed by atoms with Gasteiger partial charge in [0.2, 0.25) is 0 Å². The van der Waals surface area contributed by atoms with E-state index in [1.165, 1.54) is 0 Å². The molecule has 22 heavy (non-hydrogen) atoms. The van der Waals surface area contributed by atoms with Gasteiger partial charge in [-0.25, -0.2) is 4.79 Å². The van der Waals surface area contributed by atoms with Crippen LogP contribution in [0.5, 0.6) is 11.5 Å². The van der Waals surface area contributed by atoms with Crippen LogP contribution in [0.15, 0.2) is 18.2 Å². The number of rotatable bonds is 8.